The molecule has 0 aromatic carbocycles. The highest BCUT2D eigenvalue weighted by molar-refractivity contribution is 5.51. The molecule has 0 aliphatic heterocycles. The Labute approximate surface area is 137 Å². The number of hydrogen-bond donors (Lipinski definition) is 2. The van der Waals surface area contributed by atoms with E-state index in [4.69, 9.17) is 10.5 Å². The summed E-state index contributed by atoms with van der Waals surface area (Å²) in [5, 5.41) is 2.22. The maximum absolute atomic E-state index is 12.3. The summed E-state index contributed by atoms with van der Waals surface area (Å²) in [5.74, 6) is 1.33. The lowest BCUT2D eigenvalue weighted by molar-refractivity contribution is -0.115. The minimum absolute atomic E-state index is 0.0526. The zero-order valence-electron chi connectivity index (χ0n) is 13.5. The fourth-order valence-electron chi connectivity index (χ4n) is 1.93. The van der Waals surface area contributed by atoms with E-state index >= 15 is 0 Å². The number of aryl methyl sites for hydroxylation is 1. The molecule has 0 amide bonds. The van der Waals surface area contributed by atoms with Gasteiger partial charge in [-0.05, 0) is 12.8 Å². The predicted octanol–water partition coefficient (Wildman–Crippen LogP) is 3.65. The van der Waals surface area contributed by atoms with Crippen LogP contribution in [0.1, 0.15) is 31.2 Å². The van der Waals surface area contributed by atoms with Gasteiger partial charge < -0.3 is 15.8 Å². The Kier molecular flexibility index (Phi) is 5.10. The van der Waals surface area contributed by atoms with Crippen LogP contribution in [-0.2, 0) is 0 Å². The summed E-state index contributed by atoms with van der Waals surface area (Å²) in [6.45, 7) is 4.34. The normalized spacial score (nSPS) is 11.6. The summed E-state index contributed by atoms with van der Waals surface area (Å²) in [7, 11) is 0. The number of hydrogen-bond acceptors (Lipinski definition) is 6. The SMILES string of the molecule is Cc1ncc(Oc2cc(NCC(F)(F)F)ncc2C(C)C)c(N)n1. The minimum Gasteiger partial charge on any atom is -0.451 e. The van der Waals surface area contributed by atoms with Crippen LogP contribution in [0, 0.1) is 6.92 Å². The molecule has 0 radical (unpaired) electrons. The van der Waals surface area contributed by atoms with Crippen molar-refractivity contribution in [3.05, 3.63) is 29.8 Å². The Bertz CT molecular complexity index is 719. The number of pyridine rings is 1. The number of nitrogens with two attached hydrogens (primary N) is 1. The second-order valence-electron chi connectivity index (χ2n) is 5.50. The molecule has 2 heterocycles. The van der Waals surface area contributed by atoms with Gasteiger partial charge in [-0.2, -0.15) is 13.2 Å². The fourth-order valence-corrected chi connectivity index (χ4v) is 1.93. The highest BCUT2D eigenvalue weighted by Crippen LogP contribution is 2.33. The molecule has 2 rings (SSSR count). The molecule has 0 bridgehead atoms. The first-order valence-electron chi connectivity index (χ1n) is 7.23. The van der Waals surface area contributed by atoms with Crippen LogP contribution in [0.2, 0.25) is 0 Å². The third-order valence-electron chi connectivity index (χ3n) is 3.11. The number of halogens is 3. The van der Waals surface area contributed by atoms with Crippen molar-refractivity contribution in [2.45, 2.75) is 32.9 Å². The lowest BCUT2D eigenvalue weighted by atomic mass is 10.0. The predicted molar refractivity (Wildman–Crippen MR) is 84.1 cm³/mol. The minimum atomic E-state index is -4.34. The van der Waals surface area contributed by atoms with Gasteiger partial charge in [-0.15, -0.1) is 0 Å². The van der Waals surface area contributed by atoms with E-state index < -0.39 is 12.7 Å². The van der Waals surface area contributed by atoms with Gasteiger partial charge >= 0.3 is 6.18 Å². The van der Waals surface area contributed by atoms with E-state index in [9.17, 15) is 13.2 Å². The molecule has 6 nitrogen and oxygen atoms in total. The zero-order valence-corrected chi connectivity index (χ0v) is 13.5. The van der Waals surface area contributed by atoms with Gasteiger partial charge in [-0.25, -0.2) is 15.0 Å². The topological polar surface area (TPSA) is 86.0 Å². The molecule has 0 saturated heterocycles. The summed E-state index contributed by atoms with van der Waals surface area (Å²) in [6, 6.07) is 1.40. The molecule has 0 spiro atoms. The molecule has 0 atom stereocenters. The molecular formula is C15H18F3N5O. The molecule has 0 saturated carbocycles. The number of alkyl halides is 3. The average molecular weight is 341 g/mol. The summed E-state index contributed by atoms with van der Waals surface area (Å²) in [6.07, 6.45) is -1.44. The van der Waals surface area contributed by atoms with Crippen molar-refractivity contribution in [1.29, 1.82) is 0 Å². The van der Waals surface area contributed by atoms with Crippen LogP contribution in [0.5, 0.6) is 11.5 Å². The number of nitrogen functional groups attached to an aromatic ring is 1. The van der Waals surface area contributed by atoms with E-state index in [-0.39, 0.29) is 23.3 Å². The molecular weight excluding hydrogens is 323 g/mol. The van der Waals surface area contributed by atoms with E-state index in [1.165, 1.54) is 18.5 Å². The van der Waals surface area contributed by atoms with Crippen LogP contribution in [0.25, 0.3) is 0 Å². The third kappa shape index (κ3) is 4.71. The highest BCUT2D eigenvalue weighted by Gasteiger charge is 2.27. The Morgan fingerprint density at radius 3 is 2.50 bits per heavy atom. The number of nitrogens with zero attached hydrogens (tertiary/aromatic N) is 3. The largest absolute Gasteiger partial charge is 0.451 e. The van der Waals surface area contributed by atoms with Crippen LogP contribution in [0.4, 0.5) is 24.8 Å². The van der Waals surface area contributed by atoms with Crippen LogP contribution in [-0.4, -0.2) is 27.7 Å². The lowest BCUT2D eigenvalue weighted by Gasteiger charge is -2.16. The van der Waals surface area contributed by atoms with Gasteiger partial charge in [0.25, 0.3) is 0 Å². The molecule has 24 heavy (non-hydrogen) atoms. The van der Waals surface area contributed by atoms with Gasteiger partial charge in [-0.3, -0.25) is 0 Å². The quantitative estimate of drug-likeness (QED) is 0.863. The first-order chi connectivity index (χ1) is 11.2. The van der Waals surface area contributed by atoms with E-state index in [1.54, 1.807) is 6.92 Å². The highest BCUT2D eigenvalue weighted by atomic mass is 19.4. The summed E-state index contributed by atoms with van der Waals surface area (Å²) in [5.41, 5.74) is 6.52. The van der Waals surface area contributed by atoms with E-state index in [0.29, 0.717) is 11.6 Å². The van der Waals surface area contributed by atoms with Crippen molar-refractivity contribution in [3.63, 3.8) is 0 Å². The first-order valence-corrected chi connectivity index (χ1v) is 7.23. The second-order valence-corrected chi connectivity index (χ2v) is 5.50. The van der Waals surface area contributed by atoms with E-state index in [1.807, 2.05) is 13.8 Å². The van der Waals surface area contributed by atoms with Gasteiger partial charge in [0.2, 0.25) is 0 Å². The van der Waals surface area contributed by atoms with Crippen LogP contribution >= 0.6 is 0 Å². The Balaban J connectivity index is 2.31. The van der Waals surface area contributed by atoms with Gasteiger partial charge in [-0.1, -0.05) is 13.8 Å². The molecule has 0 fully saturated rings. The van der Waals surface area contributed by atoms with Gasteiger partial charge in [0.05, 0.1) is 6.20 Å². The third-order valence-corrected chi connectivity index (χ3v) is 3.11. The van der Waals surface area contributed by atoms with Crippen molar-refractivity contribution in [3.8, 4) is 11.5 Å². The number of rotatable bonds is 5. The van der Waals surface area contributed by atoms with Crippen LogP contribution in [0.3, 0.4) is 0 Å². The molecule has 0 aliphatic carbocycles. The van der Waals surface area contributed by atoms with Crippen molar-refractivity contribution in [2.24, 2.45) is 0 Å². The first kappa shape index (κ1) is 17.8. The number of nitrogens with one attached hydrogen (secondary N) is 1. The fraction of sp³-hybridized carbons (Fsp3) is 0.400. The second kappa shape index (κ2) is 6.90. The smallest absolute Gasteiger partial charge is 0.405 e. The molecule has 9 heteroatoms. The maximum Gasteiger partial charge on any atom is 0.405 e. The number of ether oxygens (including phenoxy) is 1. The van der Waals surface area contributed by atoms with Crippen LogP contribution in [0.15, 0.2) is 18.5 Å². The molecule has 2 aromatic rings. The van der Waals surface area contributed by atoms with Crippen molar-refractivity contribution in [1.82, 2.24) is 15.0 Å². The van der Waals surface area contributed by atoms with Crippen LogP contribution < -0.4 is 15.8 Å². The standard InChI is InChI=1S/C15H18F3N5O/c1-8(2)10-5-21-13(22-7-15(16,17)18)4-11(10)24-12-6-20-9(3)23-14(12)19/h4-6,8H,7H2,1-3H3,(H,21,22)(H2,19,20,23). The average Bonchev–Trinajstić information content (AvgIpc) is 2.47. The van der Waals surface area contributed by atoms with Crippen molar-refractivity contribution >= 4 is 11.6 Å². The Morgan fingerprint density at radius 2 is 1.92 bits per heavy atom. The van der Waals surface area contributed by atoms with Crippen molar-refractivity contribution in [2.75, 3.05) is 17.6 Å². The summed E-state index contributed by atoms with van der Waals surface area (Å²) < 4.78 is 42.7. The Hall–Kier alpha value is -2.58. The van der Waals surface area contributed by atoms with Gasteiger partial charge in [0, 0.05) is 17.8 Å². The Morgan fingerprint density at radius 1 is 1.21 bits per heavy atom. The van der Waals surface area contributed by atoms with Gasteiger partial charge in [0.1, 0.15) is 23.9 Å². The van der Waals surface area contributed by atoms with Crippen molar-refractivity contribution < 1.29 is 17.9 Å². The summed E-state index contributed by atoms with van der Waals surface area (Å²) >= 11 is 0. The molecule has 3 N–H and O–H groups in total. The number of aromatic nitrogens is 3. The molecule has 2 aromatic heterocycles. The summed E-state index contributed by atoms with van der Waals surface area (Å²) in [4.78, 5) is 12.0. The van der Waals surface area contributed by atoms with Gasteiger partial charge in [0.15, 0.2) is 11.6 Å². The molecule has 0 aliphatic rings. The lowest BCUT2D eigenvalue weighted by Crippen LogP contribution is -2.21. The van der Waals surface area contributed by atoms with E-state index in [0.717, 1.165) is 5.56 Å². The monoisotopic (exact) mass is 341 g/mol. The molecule has 0 unspecified atom stereocenters. The molecule has 130 valence electrons. The zero-order chi connectivity index (χ0) is 17.9. The van der Waals surface area contributed by atoms with E-state index in [2.05, 4.69) is 20.3 Å². The maximum atomic E-state index is 12.3. The number of anilines is 2.